The Morgan fingerprint density at radius 2 is 1.93 bits per heavy atom. The van der Waals surface area contributed by atoms with E-state index in [1.54, 1.807) is 22.6 Å². The largest absolute Gasteiger partial charge is 0.314 e. The third-order valence-electron chi connectivity index (χ3n) is 5.49. The Hall–Kier alpha value is -1.19. The van der Waals surface area contributed by atoms with E-state index in [2.05, 4.69) is 29.2 Å². The minimum absolute atomic E-state index is 0. The molecule has 0 spiro atoms. The van der Waals surface area contributed by atoms with Crippen LogP contribution < -0.4 is 5.32 Å². The van der Waals surface area contributed by atoms with Gasteiger partial charge in [0, 0.05) is 56.7 Å². The predicted octanol–water partition coefficient (Wildman–Crippen LogP) is 1.71. The van der Waals surface area contributed by atoms with Crippen molar-refractivity contribution in [3.05, 3.63) is 24.4 Å². The average molecular weight is 414 g/mol. The Morgan fingerprint density at radius 1 is 1.19 bits per heavy atom. The molecule has 2 aromatic rings. The topological polar surface area (TPSA) is 70.5 Å². The van der Waals surface area contributed by atoms with Crippen LogP contribution in [0.3, 0.4) is 0 Å². The second-order valence-corrected chi connectivity index (χ2v) is 9.43. The molecule has 2 aliphatic heterocycles. The first-order chi connectivity index (χ1) is 12.5. The smallest absolute Gasteiger partial charge is 0.243 e. The molecule has 0 radical (unpaired) electrons. The van der Waals surface area contributed by atoms with Crippen LogP contribution in [0.2, 0.25) is 0 Å². The summed E-state index contributed by atoms with van der Waals surface area (Å²) in [6.45, 7) is 9.29. The van der Waals surface area contributed by atoms with Crippen molar-refractivity contribution in [2.75, 3.05) is 39.3 Å². The molecule has 9 heteroatoms. The molecule has 1 atom stereocenters. The molecule has 1 aromatic heterocycles. The number of aromatic nitrogens is 2. The Morgan fingerprint density at radius 3 is 2.63 bits per heavy atom. The zero-order valence-electron chi connectivity index (χ0n) is 15.8. The van der Waals surface area contributed by atoms with Crippen molar-refractivity contribution in [2.24, 2.45) is 0 Å². The van der Waals surface area contributed by atoms with Crippen LogP contribution in [0.4, 0.5) is 0 Å². The lowest BCUT2D eigenvalue weighted by Crippen LogP contribution is -2.49. The first-order valence-corrected chi connectivity index (χ1v) is 10.8. The van der Waals surface area contributed by atoms with E-state index in [0.29, 0.717) is 24.0 Å². The van der Waals surface area contributed by atoms with E-state index in [0.717, 1.165) is 43.5 Å². The van der Waals surface area contributed by atoms with Gasteiger partial charge in [-0.2, -0.15) is 9.40 Å². The molecule has 2 aliphatic rings. The molecular formula is C18H28ClN5O2S. The molecule has 0 amide bonds. The van der Waals surface area contributed by atoms with Gasteiger partial charge in [-0.25, -0.2) is 8.42 Å². The van der Waals surface area contributed by atoms with Crippen LogP contribution in [0.1, 0.15) is 26.3 Å². The molecule has 0 saturated carbocycles. The maximum atomic E-state index is 13.1. The van der Waals surface area contributed by atoms with Gasteiger partial charge in [-0.05, 0) is 38.5 Å². The molecule has 1 aromatic carbocycles. The van der Waals surface area contributed by atoms with Gasteiger partial charge in [-0.3, -0.25) is 9.58 Å². The fraction of sp³-hybridized carbons (Fsp3) is 0.611. The van der Waals surface area contributed by atoms with Crippen molar-refractivity contribution in [3.8, 4) is 0 Å². The van der Waals surface area contributed by atoms with Crippen LogP contribution in [0.5, 0.6) is 0 Å². The highest BCUT2D eigenvalue weighted by molar-refractivity contribution is 7.89. The lowest BCUT2D eigenvalue weighted by atomic mass is 10.2. The Balaban J connectivity index is 0.00000210. The van der Waals surface area contributed by atoms with E-state index < -0.39 is 10.0 Å². The van der Waals surface area contributed by atoms with E-state index >= 15 is 0 Å². The van der Waals surface area contributed by atoms with E-state index in [1.807, 2.05) is 10.7 Å². The van der Waals surface area contributed by atoms with Crippen molar-refractivity contribution in [3.63, 3.8) is 0 Å². The molecule has 4 rings (SSSR count). The number of piperazine rings is 1. The molecule has 0 aliphatic carbocycles. The molecule has 27 heavy (non-hydrogen) atoms. The van der Waals surface area contributed by atoms with Crippen LogP contribution in [0, 0.1) is 0 Å². The zero-order chi connectivity index (χ0) is 18.3. The highest BCUT2D eigenvalue weighted by Crippen LogP contribution is 2.27. The average Bonchev–Trinajstić information content (AvgIpc) is 3.29. The molecule has 2 saturated heterocycles. The zero-order valence-corrected chi connectivity index (χ0v) is 17.5. The third kappa shape index (κ3) is 3.86. The third-order valence-corrected chi connectivity index (χ3v) is 7.35. The lowest BCUT2D eigenvalue weighted by molar-refractivity contribution is 0.179. The molecule has 1 N–H and O–H groups in total. The number of nitrogens with zero attached hydrogens (tertiary/aromatic N) is 4. The SMILES string of the molecule is CC(C)n1ncc2cc(S(=O)(=O)N3CCC(N4CCNCC4)C3)ccc21.Cl. The number of nitrogens with one attached hydrogen (secondary N) is 1. The number of benzene rings is 1. The summed E-state index contributed by atoms with van der Waals surface area (Å²) < 4.78 is 29.8. The second-order valence-electron chi connectivity index (χ2n) is 7.50. The number of halogens is 1. The summed E-state index contributed by atoms with van der Waals surface area (Å²) in [5.41, 5.74) is 0.971. The van der Waals surface area contributed by atoms with Crippen molar-refractivity contribution in [1.82, 2.24) is 24.3 Å². The summed E-state index contributed by atoms with van der Waals surface area (Å²) in [6.07, 6.45) is 2.66. The fourth-order valence-corrected chi connectivity index (χ4v) is 5.55. The van der Waals surface area contributed by atoms with E-state index in [1.165, 1.54) is 0 Å². The molecule has 7 nitrogen and oxygen atoms in total. The molecule has 150 valence electrons. The minimum atomic E-state index is -3.46. The highest BCUT2D eigenvalue weighted by atomic mass is 35.5. The monoisotopic (exact) mass is 413 g/mol. The van der Waals surface area contributed by atoms with Crippen LogP contribution in [0.25, 0.3) is 10.9 Å². The van der Waals surface area contributed by atoms with Crippen molar-refractivity contribution in [2.45, 2.75) is 37.2 Å². The Kier molecular flexibility index (Phi) is 6.12. The van der Waals surface area contributed by atoms with Crippen molar-refractivity contribution >= 4 is 33.3 Å². The van der Waals surface area contributed by atoms with Crippen LogP contribution in [-0.4, -0.2) is 72.7 Å². The van der Waals surface area contributed by atoms with Gasteiger partial charge in [0.05, 0.1) is 16.6 Å². The minimum Gasteiger partial charge on any atom is -0.314 e. The maximum Gasteiger partial charge on any atom is 0.243 e. The van der Waals surface area contributed by atoms with Gasteiger partial charge < -0.3 is 5.32 Å². The van der Waals surface area contributed by atoms with E-state index in [9.17, 15) is 8.42 Å². The summed E-state index contributed by atoms with van der Waals surface area (Å²) in [7, 11) is -3.46. The summed E-state index contributed by atoms with van der Waals surface area (Å²) in [5.74, 6) is 0. The molecule has 2 fully saturated rings. The maximum absolute atomic E-state index is 13.1. The molecule has 0 bridgehead atoms. The van der Waals surface area contributed by atoms with Crippen LogP contribution in [0.15, 0.2) is 29.3 Å². The van der Waals surface area contributed by atoms with Gasteiger partial charge in [-0.15, -0.1) is 12.4 Å². The lowest BCUT2D eigenvalue weighted by Gasteiger charge is -2.32. The van der Waals surface area contributed by atoms with Gasteiger partial charge >= 0.3 is 0 Å². The van der Waals surface area contributed by atoms with Crippen LogP contribution >= 0.6 is 12.4 Å². The second kappa shape index (κ2) is 8.05. The molecular weight excluding hydrogens is 386 g/mol. The fourth-order valence-electron chi connectivity index (χ4n) is 4.03. The normalized spacial score (nSPS) is 22.4. The van der Waals surface area contributed by atoms with Gasteiger partial charge in [0.15, 0.2) is 0 Å². The summed E-state index contributed by atoms with van der Waals surface area (Å²) in [6, 6.07) is 5.93. The van der Waals surface area contributed by atoms with Gasteiger partial charge in [0.25, 0.3) is 0 Å². The predicted molar refractivity (Wildman–Crippen MR) is 109 cm³/mol. The quantitative estimate of drug-likeness (QED) is 0.826. The number of sulfonamides is 1. The first kappa shape index (κ1) is 20.5. The summed E-state index contributed by atoms with van der Waals surface area (Å²) in [5, 5.41) is 8.61. The number of fused-ring (bicyclic) bond motifs is 1. The Bertz CT molecular complexity index is 892. The highest BCUT2D eigenvalue weighted by Gasteiger charge is 2.35. The Labute approximate surface area is 167 Å². The van der Waals surface area contributed by atoms with Crippen molar-refractivity contribution in [1.29, 1.82) is 0 Å². The van der Waals surface area contributed by atoms with Gasteiger partial charge in [-0.1, -0.05) is 0 Å². The van der Waals surface area contributed by atoms with E-state index in [-0.39, 0.29) is 18.4 Å². The molecule has 1 unspecified atom stereocenters. The van der Waals surface area contributed by atoms with E-state index in [4.69, 9.17) is 0 Å². The summed E-state index contributed by atoms with van der Waals surface area (Å²) in [4.78, 5) is 2.79. The van der Waals surface area contributed by atoms with Crippen LogP contribution in [-0.2, 0) is 10.0 Å². The van der Waals surface area contributed by atoms with Crippen molar-refractivity contribution < 1.29 is 8.42 Å². The number of hydrogen-bond donors (Lipinski definition) is 1. The number of hydrogen-bond acceptors (Lipinski definition) is 5. The summed E-state index contributed by atoms with van der Waals surface area (Å²) >= 11 is 0. The number of rotatable bonds is 4. The first-order valence-electron chi connectivity index (χ1n) is 9.39. The van der Waals surface area contributed by atoms with Gasteiger partial charge in [0.1, 0.15) is 0 Å². The van der Waals surface area contributed by atoms with Gasteiger partial charge in [0.2, 0.25) is 10.0 Å². The standard InChI is InChI=1S/C18H27N5O2S.ClH/c1-14(2)23-18-4-3-17(11-15(18)12-20-23)26(24,25)22-8-5-16(13-22)21-9-6-19-7-10-21;/h3-4,11-12,14,16,19H,5-10,13H2,1-2H3;1H. The molecule has 3 heterocycles.